The first-order chi connectivity index (χ1) is 15.6. The molecule has 0 radical (unpaired) electrons. The number of carbonyl (C=O) groups is 2. The molecule has 0 aliphatic carbocycles. The Balaban J connectivity index is 1.74. The van der Waals surface area contributed by atoms with Crippen LogP contribution in [0.25, 0.3) is 6.08 Å². The van der Waals surface area contributed by atoms with E-state index >= 15 is 0 Å². The quantitative estimate of drug-likeness (QED) is 0.177. The second-order valence-electron chi connectivity index (χ2n) is 6.71. The molecule has 1 amide bonds. The highest BCUT2D eigenvalue weighted by Crippen LogP contribution is 2.27. The number of carbonyl (C=O) groups excluding carboxylic acids is 2. The molecule has 0 fully saturated rings. The number of rotatable bonds is 6. The van der Waals surface area contributed by atoms with Crippen LogP contribution in [0, 0.1) is 18.3 Å². The molecule has 12 heteroatoms. The number of nitrogens with one attached hydrogen (secondary N) is 1. The van der Waals surface area contributed by atoms with Crippen LogP contribution in [0.5, 0.6) is 5.75 Å². The Labute approximate surface area is 198 Å². The maximum absolute atomic E-state index is 12.4. The van der Waals surface area contributed by atoms with Crippen LogP contribution in [0.1, 0.15) is 21.5 Å². The van der Waals surface area contributed by atoms with Crippen molar-refractivity contribution in [1.82, 2.24) is 10.2 Å². The van der Waals surface area contributed by atoms with Gasteiger partial charge in [-0.1, -0.05) is 46.7 Å². The van der Waals surface area contributed by atoms with Gasteiger partial charge < -0.3 is 4.74 Å². The van der Waals surface area contributed by atoms with E-state index in [0.29, 0.717) is 22.5 Å². The van der Waals surface area contributed by atoms with Gasteiger partial charge in [0.05, 0.1) is 10.6 Å². The van der Waals surface area contributed by atoms with Gasteiger partial charge in [0, 0.05) is 6.26 Å². The van der Waals surface area contributed by atoms with Crippen LogP contribution in [0.3, 0.4) is 0 Å². The second-order valence-corrected chi connectivity index (χ2v) is 10.3. The molecule has 0 spiro atoms. The van der Waals surface area contributed by atoms with Gasteiger partial charge in [-0.3, -0.25) is 10.1 Å². The van der Waals surface area contributed by atoms with Crippen molar-refractivity contribution in [2.45, 2.75) is 11.3 Å². The van der Waals surface area contributed by atoms with Gasteiger partial charge in [-0.25, -0.2) is 13.2 Å². The summed E-state index contributed by atoms with van der Waals surface area (Å²) in [6, 6.07) is 13.0. The van der Waals surface area contributed by atoms with Crippen molar-refractivity contribution in [3.8, 4) is 11.8 Å². The molecule has 2 aromatic carbocycles. The summed E-state index contributed by atoms with van der Waals surface area (Å²) in [5.41, 5.74) is 1.47. The van der Waals surface area contributed by atoms with E-state index in [0.717, 1.165) is 11.8 Å². The summed E-state index contributed by atoms with van der Waals surface area (Å²) >= 11 is 6.87. The third-order valence-electron chi connectivity index (χ3n) is 4.07. The van der Waals surface area contributed by atoms with Crippen LogP contribution in [0.15, 0.2) is 52.4 Å². The van der Waals surface area contributed by atoms with Gasteiger partial charge in [0.25, 0.3) is 5.91 Å². The van der Waals surface area contributed by atoms with E-state index in [-0.39, 0.29) is 25.8 Å². The SMILES string of the molecule is Cc1ccc(C(=O)Oc2ccc(/C=C(/C#N)C(=O)Nc3nnc(S(C)(=O)=O)s3)cc2Cl)cc1. The maximum atomic E-state index is 12.4. The molecule has 1 N–H and O–H groups in total. The number of nitriles is 1. The number of nitrogens with zero attached hydrogens (tertiary/aromatic N) is 3. The first kappa shape index (κ1) is 24.1. The van der Waals surface area contributed by atoms with Crippen LogP contribution in [0.4, 0.5) is 5.13 Å². The van der Waals surface area contributed by atoms with E-state index in [1.807, 2.05) is 6.92 Å². The Morgan fingerprint density at radius 2 is 1.88 bits per heavy atom. The molecule has 1 aromatic heterocycles. The molecule has 0 aliphatic rings. The predicted molar refractivity (Wildman–Crippen MR) is 123 cm³/mol. The highest BCUT2D eigenvalue weighted by molar-refractivity contribution is 7.92. The molecule has 0 atom stereocenters. The number of aryl methyl sites for hydroxylation is 1. The number of hydrogen-bond donors (Lipinski definition) is 1. The zero-order chi connectivity index (χ0) is 24.2. The molecule has 1 heterocycles. The fourth-order valence-corrected chi connectivity index (χ4v) is 4.16. The minimum atomic E-state index is -3.57. The predicted octanol–water partition coefficient (Wildman–Crippen LogP) is 3.67. The minimum absolute atomic E-state index is 0.0713. The zero-order valence-corrected chi connectivity index (χ0v) is 19.6. The molecule has 3 aromatic rings. The minimum Gasteiger partial charge on any atom is -0.421 e. The van der Waals surface area contributed by atoms with Crippen molar-refractivity contribution < 1.29 is 22.7 Å². The Kier molecular flexibility index (Phi) is 7.23. The summed E-state index contributed by atoms with van der Waals surface area (Å²) in [6.07, 6.45) is 2.23. The average molecular weight is 503 g/mol. The molecule has 3 rings (SSSR count). The average Bonchev–Trinajstić information content (AvgIpc) is 3.23. The third kappa shape index (κ3) is 6.23. The number of aromatic nitrogens is 2. The van der Waals surface area contributed by atoms with E-state index in [9.17, 15) is 23.3 Å². The molecule has 0 unspecified atom stereocenters. The third-order valence-corrected chi connectivity index (χ3v) is 6.87. The zero-order valence-electron chi connectivity index (χ0n) is 17.2. The van der Waals surface area contributed by atoms with Gasteiger partial charge in [-0.05, 0) is 42.8 Å². The fourth-order valence-electron chi connectivity index (χ4n) is 2.43. The highest BCUT2D eigenvalue weighted by Gasteiger charge is 2.18. The van der Waals surface area contributed by atoms with E-state index < -0.39 is 21.7 Å². The fraction of sp³-hybridized carbons (Fsp3) is 0.0952. The molecule has 0 aliphatic heterocycles. The lowest BCUT2D eigenvalue weighted by atomic mass is 10.1. The largest absolute Gasteiger partial charge is 0.421 e. The molecule has 168 valence electrons. The van der Waals surface area contributed by atoms with Gasteiger partial charge in [-0.2, -0.15) is 5.26 Å². The van der Waals surface area contributed by atoms with Crippen molar-refractivity contribution in [3.05, 3.63) is 69.8 Å². The van der Waals surface area contributed by atoms with E-state index in [1.54, 1.807) is 30.3 Å². The molecule has 0 bridgehead atoms. The lowest BCUT2D eigenvalue weighted by molar-refractivity contribution is -0.112. The first-order valence-electron chi connectivity index (χ1n) is 9.12. The van der Waals surface area contributed by atoms with Crippen molar-refractivity contribution in [1.29, 1.82) is 5.26 Å². The van der Waals surface area contributed by atoms with Crippen molar-refractivity contribution in [2.75, 3.05) is 11.6 Å². The number of halogens is 1. The Morgan fingerprint density at radius 3 is 2.45 bits per heavy atom. The lowest BCUT2D eigenvalue weighted by Gasteiger charge is -2.07. The van der Waals surface area contributed by atoms with Gasteiger partial charge in [0.1, 0.15) is 17.4 Å². The summed E-state index contributed by atoms with van der Waals surface area (Å²) < 4.78 is 28.0. The number of esters is 1. The number of sulfone groups is 1. The van der Waals surface area contributed by atoms with Crippen LogP contribution < -0.4 is 10.1 Å². The topological polar surface area (TPSA) is 139 Å². The Hall–Kier alpha value is -3.59. The molecule has 0 saturated carbocycles. The Morgan fingerprint density at radius 1 is 1.18 bits per heavy atom. The monoisotopic (exact) mass is 502 g/mol. The van der Waals surface area contributed by atoms with Crippen LogP contribution >= 0.6 is 22.9 Å². The summed E-state index contributed by atoms with van der Waals surface area (Å²) in [6.45, 7) is 1.90. The highest BCUT2D eigenvalue weighted by atomic mass is 35.5. The number of ether oxygens (including phenoxy) is 1. The summed E-state index contributed by atoms with van der Waals surface area (Å²) in [5.74, 6) is -1.27. The number of amides is 1. The molecular weight excluding hydrogens is 488 g/mol. The lowest BCUT2D eigenvalue weighted by Crippen LogP contribution is -2.13. The summed E-state index contributed by atoms with van der Waals surface area (Å²) in [5, 5.41) is 18.8. The van der Waals surface area contributed by atoms with Crippen molar-refractivity contribution >= 4 is 55.9 Å². The van der Waals surface area contributed by atoms with Gasteiger partial charge in [-0.15, -0.1) is 10.2 Å². The van der Waals surface area contributed by atoms with Crippen molar-refractivity contribution in [2.24, 2.45) is 0 Å². The van der Waals surface area contributed by atoms with Gasteiger partial charge in [0.15, 0.2) is 0 Å². The summed E-state index contributed by atoms with van der Waals surface area (Å²) in [7, 11) is -3.57. The second kappa shape index (κ2) is 9.91. The standard InChI is InChI=1S/C21H15ClN4O5S2/c1-12-3-6-14(7-4-12)19(28)31-17-8-5-13(10-16(17)22)9-15(11-23)18(27)24-20-25-26-21(32-20)33(2,29)30/h3-10H,1-2H3,(H,24,25,27)/b15-9-. The first-order valence-corrected chi connectivity index (χ1v) is 12.2. The molecule has 0 saturated heterocycles. The maximum Gasteiger partial charge on any atom is 0.343 e. The Bertz CT molecular complexity index is 1410. The number of benzene rings is 2. The van der Waals surface area contributed by atoms with Crippen molar-refractivity contribution in [3.63, 3.8) is 0 Å². The van der Waals surface area contributed by atoms with Gasteiger partial charge in [0.2, 0.25) is 19.3 Å². The van der Waals surface area contributed by atoms with Gasteiger partial charge >= 0.3 is 5.97 Å². The van der Waals surface area contributed by atoms with Crippen LogP contribution in [-0.4, -0.2) is 36.7 Å². The van der Waals surface area contributed by atoms with Crippen LogP contribution in [0.2, 0.25) is 5.02 Å². The van der Waals surface area contributed by atoms with E-state index in [2.05, 4.69) is 15.5 Å². The molecule has 9 nitrogen and oxygen atoms in total. The summed E-state index contributed by atoms with van der Waals surface area (Å²) in [4.78, 5) is 24.6. The molecule has 33 heavy (non-hydrogen) atoms. The van der Waals surface area contributed by atoms with E-state index in [1.165, 1.54) is 24.3 Å². The normalized spacial score (nSPS) is 11.5. The smallest absolute Gasteiger partial charge is 0.343 e. The molecular formula is C21H15ClN4O5S2. The van der Waals surface area contributed by atoms with E-state index in [4.69, 9.17) is 16.3 Å². The number of anilines is 1. The van der Waals surface area contributed by atoms with Crippen LogP contribution in [-0.2, 0) is 14.6 Å². The number of hydrogen-bond acceptors (Lipinski definition) is 9.